The van der Waals surface area contributed by atoms with Gasteiger partial charge in [0.2, 0.25) is 0 Å². The summed E-state index contributed by atoms with van der Waals surface area (Å²) in [5, 5.41) is 15.3. The lowest BCUT2D eigenvalue weighted by atomic mass is 10.1. The number of amides is 1. The van der Waals surface area contributed by atoms with E-state index >= 15 is 0 Å². The van der Waals surface area contributed by atoms with Crippen LogP contribution in [0.25, 0.3) is 10.4 Å². The van der Waals surface area contributed by atoms with Crippen LogP contribution in [0.3, 0.4) is 0 Å². The number of nitro groups is 1. The van der Waals surface area contributed by atoms with E-state index in [2.05, 4.69) is 5.32 Å². The molecule has 2 aromatic carbocycles. The molecule has 0 atom stereocenters. The molecular weight excluding hydrogens is 324 g/mol. The summed E-state index contributed by atoms with van der Waals surface area (Å²) in [6.45, 7) is 1.92. The Morgan fingerprint density at radius 3 is 2.38 bits per heavy atom. The zero-order valence-corrected chi connectivity index (χ0v) is 13.7. The number of nitrogens with one attached hydrogen (secondary N) is 1. The number of carbonyl (C=O) groups is 1. The summed E-state index contributed by atoms with van der Waals surface area (Å²) in [5.41, 5.74) is 3.13. The molecule has 1 N–H and O–H groups in total. The molecule has 3 aromatic rings. The van der Waals surface area contributed by atoms with Gasteiger partial charge in [0.1, 0.15) is 0 Å². The highest BCUT2D eigenvalue weighted by atomic mass is 32.1. The molecule has 0 aliphatic heterocycles. The van der Waals surface area contributed by atoms with Gasteiger partial charge in [-0.15, -0.1) is 11.3 Å². The first-order chi connectivity index (χ1) is 11.6. The summed E-state index contributed by atoms with van der Waals surface area (Å²) in [5.74, 6) is -0.222. The zero-order valence-electron chi connectivity index (χ0n) is 12.9. The molecule has 5 nitrogen and oxygen atoms in total. The lowest BCUT2D eigenvalue weighted by molar-refractivity contribution is -0.384. The van der Waals surface area contributed by atoms with Gasteiger partial charge in [-0.25, -0.2) is 0 Å². The molecule has 0 radical (unpaired) electrons. The van der Waals surface area contributed by atoms with Crippen molar-refractivity contribution < 1.29 is 9.72 Å². The highest BCUT2D eigenvalue weighted by Crippen LogP contribution is 2.32. The minimum Gasteiger partial charge on any atom is -0.322 e. The van der Waals surface area contributed by atoms with Crippen LogP contribution in [0.2, 0.25) is 0 Å². The van der Waals surface area contributed by atoms with Gasteiger partial charge in [-0.3, -0.25) is 14.9 Å². The third-order valence-corrected chi connectivity index (χ3v) is 4.79. The maximum absolute atomic E-state index is 12.5. The quantitative estimate of drug-likeness (QED) is 0.544. The van der Waals surface area contributed by atoms with Crippen molar-refractivity contribution in [2.45, 2.75) is 6.92 Å². The molecule has 0 saturated heterocycles. The topological polar surface area (TPSA) is 72.2 Å². The Balaban J connectivity index is 1.81. The molecule has 1 aromatic heterocycles. The molecule has 0 spiro atoms. The first kappa shape index (κ1) is 15.9. The van der Waals surface area contributed by atoms with Gasteiger partial charge in [0.05, 0.1) is 10.5 Å². The number of nitrogens with zero attached hydrogens (tertiary/aromatic N) is 1. The summed E-state index contributed by atoms with van der Waals surface area (Å²) in [6, 6.07) is 15.7. The van der Waals surface area contributed by atoms with Crippen LogP contribution in [0.5, 0.6) is 0 Å². The van der Waals surface area contributed by atoms with E-state index in [9.17, 15) is 14.9 Å². The number of carbonyl (C=O) groups excluding carboxylic acids is 1. The fraction of sp³-hybridized carbons (Fsp3) is 0.0556. The summed E-state index contributed by atoms with van der Waals surface area (Å²) < 4.78 is 0. The SMILES string of the molecule is Cc1c(C(=O)Nc2ccc([N+](=O)[O-])cc2)csc1-c1ccccc1. The fourth-order valence-corrected chi connectivity index (χ4v) is 3.46. The summed E-state index contributed by atoms with van der Waals surface area (Å²) >= 11 is 1.52. The number of hydrogen-bond acceptors (Lipinski definition) is 4. The average molecular weight is 338 g/mol. The Morgan fingerprint density at radius 1 is 1.08 bits per heavy atom. The van der Waals surface area contributed by atoms with Crippen LogP contribution in [0.1, 0.15) is 15.9 Å². The minimum absolute atomic E-state index is 0.00826. The minimum atomic E-state index is -0.471. The maximum atomic E-state index is 12.5. The number of hydrogen-bond donors (Lipinski definition) is 1. The van der Waals surface area contributed by atoms with Crippen LogP contribution in [0.4, 0.5) is 11.4 Å². The van der Waals surface area contributed by atoms with Crippen molar-refractivity contribution in [3.05, 3.63) is 81.2 Å². The average Bonchev–Trinajstić information content (AvgIpc) is 2.98. The van der Waals surface area contributed by atoms with Gasteiger partial charge in [0.15, 0.2) is 0 Å². The lowest BCUT2D eigenvalue weighted by Crippen LogP contribution is -2.12. The van der Waals surface area contributed by atoms with Gasteiger partial charge < -0.3 is 5.32 Å². The van der Waals surface area contributed by atoms with Crippen LogP contribution >= 0.6 is 11.3 Å². The van der Waals surface area contributed by atoms with Crippen molar-refractivity contribution in [3.63, 3.8) is 0 Å². The van der Waals surface area contributed by atoms with E-state index in [0.717, 1.165) is 16.0 Å². The molecule has 0 bridgehead atoms. The van der Waals surface area contributed by atoms with E-state index in [1.165, 1.54) is 35.6 Å². The third-order valence-electron chi connectivity index (χ3n) is 3.66. The maximum Gasteiger partial charge on any atom is 0.269 e. The van der Waals surface area contributed by atoms with Crippen LogP contribution < -0.4 is 5.32 Å². The number of thiophene rings is 1. The second-order valence-electron chi connectivity index (χ2n) is 5.23. The molecule has 0 saturated carbocycles. The number of nitro benzene ring substituents is 1. The summed E-state index contributed by atoms with van der Waals surface area (Å²) in [6.07, 6.45) is 0. The molecule has 0 aliphatic carbocycles. The van der Waals surface area contributed by atoms with E-state index in [-0.39, 0.29) is 11.6 Å². The van der Waals surface area contributed by atoms with E-state index in [0.29, 0.717) is 11.3 Å². The smallest absolute Gasteiger partial charge is 0.269 e. The Morgan fingerprint density at radius 2 is 1.75 bits per heavy atom. The van der Waals surface area contributed by atoms with Gasteiger partial charge in [0, 0.05) is 28.1 Å². The molecule has 1 amide bonds. The van der Waals surface area contributed by atoms with Crippen LogP contribution in [0, 0.1) is 17.0 Å². The normalized spacial score (nSPS) is 10.4. The Kier molecular flexibility index (Phi) is 4.39. The fourth-order valence-electron chi connectivity index (χ4n) is 2.38. The van der Waals surface area contributed by atoms with Crippen LogP contribution in [-0.4, -0.2) is 10.8 Å². The van der Waals surface area contributed by atoms with Gasteiger partial charge in [-0.05, 0) is 30.2 Å². The summed E-state index contributed by atoms with van der Waals surface area (Å²) in [4.78, 5) is 23.7. The Hall–Kier alpha value is -2.99. The molecular formula is C18H14N2O3S. The third kappa shape index (κ3) is 3.18. The largest absolute Gasteiger partial charge is 0.322 e. The number of non-ortho nitro benzene ring substituents is 1. The number of rotatable bonds is 4. The summed E-state index contributed by atoms with van der Waals surface area (Å²) in [7, 11) is 0. The van der Waals surface area contributed by atoms with Crippen molar-refractivity contribution in [1.29, 1.82) is 0 Å². The molecule has 24 heavy (non-hydrogen) atoms. The Labute approximate surface area is 142 Å². The van der Waals surface area contributed by atoms with E-state index in [1.54, 1.807) is 0 Å². The monoisotopic (exact) mass is 338 g/mol. The van der Waals surface area contributed by atoms with Gasteiger partial charge in [-0.2, -0.15) is 0 Å². The molecule has 6 heteroatoms. The Bertz CT molecular complexity index is 886. The first-order valence-corrected chi connectivity index (χ1v) is 8.13. The van der Waals surface area contributed by atoms with Crippen LogP contribution in [0.15, 0.2) is 60.0 Å². The molecule has 120 valence electrons. The van der Waals surface area contributed by atoms with E-state index < -0.39 is 4.92 Å². The van der Waals surface area contributed by atoms with Crippen molar-refractivity contribution >= 4 is 28.6 Å². The first-order valence-electron chi connectivity index (χ1n) is 7.25. The molecule has 3 rings (SSSR count). The number of anilines is 1. The van der Waals surface area contributed by atoms with Crippen LogP contribution in [-0.2, 0) is 0 Å². The molecule has 0 fully saturated rings. The number of benzene rings is 2. The lowest BCUT2D eigenvalue weighted by Gasteiger charge is -2.05. The van der Waals surface area contributed by atoms with Gasteiger partial charge >= 0.3 is 0 Å². The van der Waals surface area contributed by atoms with Gasteiger partial charge in [-0.1, -0.05) is 30.3 Å². The van der Waals surface area contributed by atoms with Crippen molar-refractivity contribution in [2.24, 2.45) is 0 Å². The van der Waals surface area contributed by atoms with E-state index in [1.807, 2.05) is 42.6 Å². The highest BCUT2D eigenvalue weighted by molar-refractivity contribution is 7.14. The second-order valence-corrected chi connectivity index (χ2v) is 6.11. The second kappa shape index (κ2) is 6.64. The van der Waals surface area contributed by atoms with Crippen molar-refractivity contribution in [1.82, 2.24) is 0 Å². The zero-order chi connectivity index (χ0) is 17.1. The predicted molar refractivity (Wildman–Crippen MR) is 95.5 cm³/mol. The van der Waals surface area contributed by atoms with E-state index in [4.69, 9.17) is 0 Å². The molecule has 0 aliphatic rings. The highest BCUT2D eigenvalue weighted by Gasteiger charge is 2.16. The van der Waals surface area contributed by atoms with Crippen molar-refractivity contribution in [3.8, 4) is 10.4 Å². The molecule has 0 unspecified atom stereocenters. The standard InChI is InChI=1S/C18H14N2O3S/c1-12-16(11-24-17(12)13-5-3-2-4-6-13)18(21)19-14-7-9-15(10-8-14)20(22)23/h2-11H,1H3,(H,19,21). The van der Waals surface area contributed by atoms with Gasteiger partial charge in [0.25, 0.3) is 11.6 Å². The molecule has 1 heterocycles. The van der Waals surface area contributed by atoms with Crippen molar-refractivity contribution in [2.75, 3.05) is 5.32 Å². The predicted octanol–water partition coefficient (Wildman–Crippen LogP) is 4.88.